The summed E-state index contributed by atoms with van der Waals surface area (Å²) in [5, 5.41) is 6.07. The number of benzene rings is 2. The summed E-state index contributed by atoms with van der Waals surface area (Å²) in [7, 11) is -3.74. The first kappa shape index (κ1) is 24.5. The van der Waals surface area contributed by atoms with Crippen LogP contribution >= 0.6 is 24.0 Å². The SMILES string of the molecule is CCNC(=NCC1(c2cccc(F)c2)CC1)NCCS(=O)(=O)c1ccccc1F.I. The van der Waals surface area contributed by atoms with Crippen LogP contribution in [0.15, 0.2) is 58.4 Å². The van der Waals surface area contributed by atoms with Crippen LogP contribution < -0.4 is 10.6 Å². The topological polar surface area (TPSA) is 70.6 Å². The van der Waals surface area contributed by atoms with E-state index in [1.165, 1.54) is 24.3 Å². The van der Waals surface area contributed by atoms with Gasteiger partial charge in [0.05, 0.1) is 12.3 Å². The van der Waals surface area contributed by atoms with Gasteiger partial charge < -0.3 is 10.6 Å². The lowest BCUT2D eigenvalue weighted by atomic mass is 9.96. The number of rotatable bonds is 8. The van der Waals surface area contributed by atoms with Gasteiger partial charge in [-0.05, 0) is 49.6 Å². The van der Waals surface area contributed by atoms with Crippen LogP contribution in [0.5, 0.6) is 0 Å². The minimum atomic E-state index is -3.74. The number of nitrogens with one attached hydrogen (secondary N) is 2. The van der Waals surface area contributed by atoms with Gasteiger partial charge in [-0.3, -0.25) is 4.99 Å². The molecule has 30 heavy (non-hydrogen) atoms. The number of nitrogens with zero attached hydrogens (tertiary/aromatic N) is 1. The molecule has 1 aliphatic carbocycles. The Kier molecular flexibility index (Phi) is 8.60. The van der Waals surface area contributed by atoms with Crippen LogP contribution in [0, 0.1) is 11.6 Å². The van der Waals surface area contributed by atoms with E-state index in [0.717, 1.165) is 24.5 Å². The molecule has 0 bridgehead atoms. The summed E-state index contributed by atoms with van der Waals surface area (Å²) in [6, 6.07) is 11.9. The molecular formula is C21H26F2IN3O2S. The van der Waals surface area contributed by atoms with Gasteiger partial charge in [-0.15, -0.1) is 24.0 Å². The summed E-state index contributed by atoms with van der Waals surface area (Å²) in [6.45, 7) is 3.09. The second-order valence-electron chi connectivity index (χ2n) is 7.16. The monoisotopic (exact) mass is 549 g/mol. The molecule has 0 heterocycles. The molecule has 0 spiro atoms. The summed E-state index contributed by atoms with van der Waals surface area (Å²) in [6.07, 6.45) is 1.86. The van der Waals surface area contributed by atoms with E-state index in [4.69, 9.17) is 0 Å². The van der Waals surface area contributed by atoms with Crippen molar-refractivity contribution in [1.29, 1.82) is 0 Å². The van der Waals surface area contributed by atoms with Crippen molar-refractivity contribution in [2.24, 2.45) is 4.99 Å². The van der Waals surface area contributed by atoms with E-state index in [9.17, 15) is 17.2 Å². The van der Waals surface area contributed by atoms with Crippen molar-refractivity contribution in [3.8, 4) is 0 Å². The Morgan fingerprint density at radius 3 is 2.47 bits per heavy atom. The predicted octanol–water partition coefficient (Wildman–Crippen LogP) is 3.64. The maximum absolute atomic E-state index is 13.8. The Morgan fingerprint density at radius 1 is 1.10 bits per heavy atom. The standard InChI is InChI=1S/C21H25F2N3O2S.HI/c1-2-24-20(25-12-13-29(27,28)19-9-4-3-8-18(19)23)26-15-21(10-11-21)16-6-5-7-17(22)14-16;/h3-9,14H,2,10-13,15H2,1H3,(H2,24,25,26);1H. The Hall–Kier alpha value is -1.75. The van der Waals surface area contributed by atoms with Gasteiger partial charge >= 0.3 is 0 Å². The maximum Gasteiger partial charge on any atom is 0.191 e. The van der Waals surface area contributed by atoms with E-state index in [-0.39, 0.29) is 52.4 Å². The van der Waals surface area contributed by atoms with Gasteiger partial charge in [0.2, 0.25) is 0 Å². The zero-order valence-electron chi connectivity index (χ0n) is 16.7. The summed E-state index contributed by atoms with van der Waals surface area (Å²) < 4.78 is 52.0. The Labute approximate surface area is 193 Å². The minimum absolute atomic E-state index is 0. The molecule has 2 aromatic carbocycles. The highest BCUT2D eigenvalue weighted by atomic mass is 127. The summed E-state index contributed by atoms with van der Waals surface area (Å²) in [5.41, 5.74) is 0.767. The van der Waals surface area contributed by atoms with Crippen LogP contribution in [-0.4, -0.2) is 39.8 Å². The van der Waals surface area contributed by atoms with E-state index in [1.54, 1.807) is 12.1 Å². The van der Waals surface area contributed by atoms with Gasteiger partial charge in [-0.1, -0.05) is 24.3 Å². The molecule has 1 aliphatic rings. The number of hydrogen-bond acceptors (Lipinski definition) is 3. The quantitative estimate of drug-likeness (QED) is 0.300. The maximum atomic E-state index is 13.8. The fourth-order valence-electron chi connectivity index (χ4n) is 3.19. The number of guanidine groups is 1. The normalized spacial score (nSPS) is 15.2. The highest BCUT2D eigenvalue weighted by Gasteiger charge is 2.44. The van der Waals surface area contributed by atoms with Gasteiger partial charge in [0.1, 0.15) is 16.5 Å². The number of hydrogen-bond donors (Lipinski definition) is 2. The van der Waals surface area contributed by atoms with Gasteiger partial charge in [0.15, 0.2) is 15.8 Å². The Bertz CT molecular complexity index is 995. The van der Waals surface area contributed by atoms with Crippen LogP contribution in [-0.2, 0) is 15.3 Å². The molecule has 0 amide bonds. The van der Waals surface area contributed by atoms with Crippen LogP contribution in [0.2, 0.25) is 0 Å². The first-order valence-electron chi connectivity index (χ1n) is 9.62. The van der Waals surface area contributed by atoms with Crippen molar-refractivity contribution >= 4 is 39.8 Å². The van der Waals surface area contributed by atoms with E-state index in [1.807, 2.05) is 13.0 Å². The van der Waals surface area contributed by atoms with E-state index in [0.29, 0.717) is 19.0 Å². The van der Waals surface area contributed by atoms with E-state index in [2.05, 4.69) is 15.6 Å². The molecule has 0 unspecified atom stereocenters. The molecule has 1 fully saturated rings. The Morgan fingerprint density at radius 2 is 1.83 bits per heavy atom. The van der Waals surface area contributed by atoms with E-state index < -0.39 is 15.7 Å². The van der Waals surface area contributed by atoms with Crippen molar-refractivity contribution in [2.45, 2.75) is 30.1 Å². The van der Waals surface area contributed by atoms with Crippen molar-refractivity contribution in [3.05, 3.63) is 65.7 Å². The molecule has 164 valence electrons. The molecular weight excluding hydrogens is 523 g/mol. The fourth-order valence-corrected chi connectivity index (χ4v) is 4.43. The van der Waals surface area contributed by atoms with Gasteiger partial charge in [0.25, 0.3) is 0 Å². The molecule has 0 saturated heterocycles. The zero-order chi connectivity index (χ0) is 20.9. The highest BCUT2D eigenvalue weighted by molar-refractivity contribution is 14.0. The predicted molar refractivity (Wildman–Crippen MR) is 125 cm³/mol. The van der Waals surface area contributed by atoms with Gasteiger partial charge in [-0.2, -0.15) is 0 Å². The van der Waals surface area contributed by atoms with Crippen LogP contribution in [0.25, 0.3) is 0 Å². The second kappa shape index (κ2) is 10.5. The van der Waals surface area contributed by atoms with Crippen molar-refractivity contribution in [1.82, 2.24) is 10.6 Å². The van der Waals surface area contributed by atoms with Gasteiger partial charge in [0, 0.05) is 18.5 Å². The summed E-state index contributed by atoms with van der Waals surface area (Å²) >= 11 is 0. The smallest absolute Gasteiger partial charge is 0.191 e. The minimum Gasteiger partial charge on any atom is -0.357 e. The van der Waals surface area contributed by atoms with Crippen LogP contribution in [0.4, 0.5) is 8.78 Å². The lowest BCUT2D eigenvalue weighted by Gasteiger charge is -2.16. The van der Waals surface area contributed by atoms with Crippen molar-refractivity contribution in [3.63, 3.8) is 0 Å². The largest absolute Gasteiger partial charge is 0.357 e. The van der Waals surface area contributed by atoms with Crippen LogP contribution in [0.3, 0.4) is 0 Å². The molecule has 0 atom stereocenters. The van der Waals surface area contributed by atoms with Gasteiger partial charge in [-0.25, -0.2) is 17.2 Å². The molecule has 2 aromatic rings. The van der Waals surface area contributed by atoms with E-state index >= 15 is 0 Å². The number of sulfone groups is 1. The lowest BCUT2D eigenvalue weighted by Crippen LogP contribution is -2.40. The number of aliphatic imine (C=N–C) groups is 1. The molecule has 0 aliphatic heterocycles. The van der Waals surface area contributed by atoms with Crippen LogP contribution in [0.1, 0.15) is 25.3 Å². The molecule has 0 aromatic heterocycles. The van der Waals surface area contributed by atoms with Crippen molar-refractivity contribution < 1.29 is 17.2 Å². The third-order valence-electron chi connectivity index (χ3n) is 5.01. The molecule has 5 nitrogen and oxygen atoms in total. The average Bonchev–Trinajstić information content (AvgIpc) is 3.47. The average molecular weight is 549 g/mol. The molecule has 0 radical (unpaired) electrons. The molecule has 1 saturated carbocycles. The molecule has 2 N–H and O–H groups in total. The molecule has 3 rings (SSSR count). The van der Waals surface area contributed by atoms with Crippen molar-refractivity contribution in [2.75, 3.05) is 25.4 Å². The Balaban J connectivity index is 0.00000320. The summed E-state index contributed by atoms with van der Waals surface area (Å²) in [5.74, 6) is -0.785. The zero-order valence-corrected chi connectivity index (χ0v) is 19.8. The third-order valence-corrected chi connectivity index (χ3v) is 6.75. The highest BCUT2D eigenvalue weighted by Crippen LogP contribution is 2.48. The summed E-state index contributed by atoms with van der Waals surface area (Å²) in [4.78, 5) is 4.27. The second-order valence-corrected chi connectivity index (χ2v) is 9.24. The fraction of sp³-hybridized carbons (Fsp3) is 0.381. The molecule has 9 heteroatoms. The first-order valence-corrected chi connectivity index (χ1v) is 11.3. The third kappa shape index (κ3) is 6.13. The first-order chi connectivity index (χ1) is 13.9. The lowest BCUT2D eigenvalue weighted by molar-refractivity contribution is 0.566. The number of halogens is 3.